The third kappa shape index (κ3) is 4.04. The van der Waals surface area contributed by atoms with E-state index >= 15 is 0 Å². The number of fused-ring (bicyclic) bond motifs is 1. The molecular weight excluding hydrogens is 466 g/mol. The molecule has 1 N–H and O–H groups in total. The lowest BCUT2D eigenvalue weighted by Crippen LogP contribution is -2.19. The van der Waals surface area contributed by atoms with Crippen molar-refractivity contribution in [2.24, 2.45) is 7.05 Å². The van der Waals surface area contributed by atoms with Gasteiger partial charge in [0, 0.05) is 29.8 Å². The fourth-order valence-corrected chi connectivity index (χ4v) is 5.17. The molecule has 4 nitrogen and oxygen atoms in total. The van der Waals surface area contributed by atoms with Crippen molar-refractivity contribution in [3.05, 3.63) is 127 Å². The van der Waals surface area contributed by atoms with Crippen LogP contribution >= 0.6 is 0 Å². The van der Waals surface area contributed by atoms with Crippen molar-refractivity contribution in [3.63, 3.8) is 0 Å². The highest BCUT2D eigenvalue weighted by molar-refractivity contribution is 5.96. The summed E-state index contributed by atoms with van der Waals surface area (Å²) in [6.07, 6.45) is 1.82. The van der Waals surface area contributed by atoms with Crippen molar-refractivity contribution in [3.8, 4) is 39.5 Å². The number of imidazole rings is 1. The van der Waals surface area contributed by atoms with E-state index in [1.54, 1.807) is 6.07 Å². The molecule has 6 rings (SSSR count). The van der Waals surface area contributed by atoms with Gasteiger partial charge < -0.3 is 9.67 Å². The van der Waals surface area contributed by atoms with Crippen molar-refractivity contribution in [1.82, 2.24) is 14.5 Å². The molecule has 4 heteroatoms. The molecule has 0 radical (unpaired) electrons. The number of rotatable bonds is 5. The first-order valence-electron chi connectivity index (χ1n) is 12.8. The Morgan fingerprint density at radius 2 is 1.42 bits per heavy atom. The second-order valence-electron chi connectivity index (χ2n) is 10.2. The van der Waals surface area contributed by atoms with Crippen LogP contribution in [0.1, 0.15) is 25.0 Å². The van der Waals surface area contributed by atoms with Crippen LogP contribution in [0.5, 0.6) is 5.75 Å². The van der Waals surface area contributed by atoms with Crippen LogP contribution in [0.15, 0.2) is 115 Å². The Kier molecular flexibility index (Phi) is 5.80. The molecule has 0 aliphatic carbocycles. The van der Waals surface area contributed by atoms with Crippen LogP contribution in [0.25, 0.3) is 44.8 Å². The normalized spacial score (nSPS) is 11.7. The van der Waals surface area contributed by atoms with Gasteiger partial charge in [0.1, 0.15) is 11.6 Å². The minimum Gasteiger partial charge on any atom is -0.507 e. The Labute approximate surface area is 222 Å². The van der Waals surface area contributed by atoms with Crippen molar-refractivity contribution in [1.29, 1.82) is 0 Å². The van der Waals surface area contributed by atoms with E-state index in [1.165, 1.54) is 11.1 Å². The van der Waals surface area contributed by atoms with Gasteiger partial charge in [-0.2, -0.15) is 0 Å². The Hall–Kier alpha value is -4.70. The molecule has 38 heavy (non-hydrogen) atoms. The summed E-state index contributed by atoms with van der Waals surface area (Å²) >= 11 is 0. The zero-order valence-electron chi connectivity index (χ0n) is 21.8. The number of nitrogens with zero attached hydrogens (tertiary/aromatic N) is 3. The summed E-state index contributed by atoms with van der Waals surface area (Å²) in [6, 6.07) is 36.9. The van der Waals surface area contributed by atoms with Gasteiger partial charge in [-0.25, -0.2) is 4.98 Å². The maximum atomic E-state index is 10.6. The zero-order valence-corrected chi connectivity index (χ0v) is 21.8. The van der Waals surface area contributed by atoms with Crippen LogP contribution in [-0.4, -0.2) is 19.6 Å². The van der Waals surface area contributed by atoms with Crippen molar-refractivity contribution in [2.45, 2.75) is 19.3 Å². The second kappa shape index (κ2) is 9.31. The van der Waals surface area contributed by atoms with Gasteiger partial charge >= 0.3 is 0 Å². The van der Waals surface area contributed by atoms with Crippen LogP contribution in [0.4, 0.5) is 0 Å². The first-order valence-corrected chi connectivity index (χ1v) is 12.8. The first-order chi connectivity index (χ1) is 18.4. The van der Waals surface area contributed by atoms with Gasteiger partial charge in [-0.1, -0.05) is 80.6 Å². The van der Waals surface area contributed by atoms with Crippen molar-refractivity contribution < 1.29 is 5.11 Å². The predicted molar refractivity (Wildman–Crippen MR) is 155 cm³/mol. The van der Waals surface area contributed by atoms with Gasteiger partial charge in [-0.05, 0) is 59.2 Å². The lowest BCUT2D eigenvalue weighted by molar-refractivity contribution is 0.476. The fraction of sp³-hybridized carbons (Fsp3) is 0.118. The Bertz CT molecular complexity index is 1750. The predicted octanol–water partition coefficient (Wildman–Crippen LogP) is 8.00. The van der Waals surface area contributed by atoms with E-state index in [-0.39, 0.29) is 11.2 Å². The largest absolute Gasteiger partial charge is 0.507 e. The van der Waals surface area contributed by atoms with Crippen LogP contribution in [0.2, 0.25) is 0 Å². The highest BCUT2D eigenvalue weighted by Crippen LogP contribution is 2.40. The molecule has 6 aromatic rings. The van der Waals surface area contributed by atoms with E-state index in [2.05, 4.69) is 90.1 Å². The van der Waals surface area contributed by atoms with Crippen molar-refractivity contribution in [2.75, 3.05) is 0 Å². The van der Waals surface area contributed by atoms with Gasteiger partial charge in [0.15, 0.2) is 0 Å². The second-order valence-corrected chi connectivity index (χ2v) is 10.2. The minimum absolute atomic E-state index is 0.217. The molecule has 2 heterocycles. The molecule has 0 bridgehead atoms. The van der Waals surface area contributed by atoms with Gasteiger partial charge in [-0.3, -0.25) is 4.98 Å². The number of phenols is 1. The average molecular weight is 496 g/mol. The molecule has 4 aromatic carbocycles. The van der Waals surface area contributed by atoms with Crippen molar-refractivity contribution >= 4 is 11.0 Å². The van der Waals surface area contributed by atoms with E-state index in [9.17, 15) is 5.11 Å². The number of hydrogen-bond acceptors (Lipinski definition) is 3. The molecule has 0 spiro atoms. The summed E-state index contributed by atoms with van der Waals surface area (Å²) in [7, 11) is 2.02. The number of para-hydroxylation sites is 1. The molecule has 0 aliphatic heterocycles. The Morgan fingerprint density at radius 1 is 0.684 bits per heavy atom. The van der Waals surface area contributed by atoms with Gasteiger partial charge in [0.2, 0.25) is 0 Å². The lowest BCUT2D eigenvalue weighted by atomic mass is 9.77. The third-order valence-electron chi connectivity index (χ3n) is 7.48. The minimum atomic E-state index is -0.234. The van der Waals surface area contributed by atoms with Gasteiger partial charge in [0.25, 0.3) is 0 Å². The summed E-state index contributed by atoms with van der Waals surface area (Å²) in [5, 5.41) is 10.6. The van der Waals surface area contributed by atoms with Crippen LogP contribution in [0.3, 0.4) is 0 Å². The third-order valence-corrected chi connectivity index (χ3v) is 7.48. The summed E-state index contributed by atoms with van der Waals surface area (Å²) in [5.74, 6) is 0.948. The van der Waals surface area contributed by atoms with Crippen LogP contribution in [-0.2, 0) is 12.5 Å². The Balaban J connectivity index is 1.63. The number of benzene rings is 4. The molecule has 0 saturated carbocycles. The standard InChI is InChI=1S/C34H29N3O/c1-34(2,25-14-5-4-6-15-25)26-21-28(23-12-11-13-24(20-23)29-17-9-10-19-35-29)32-30(22-26)37(3)33(36-32)27-16-7-8-18-31(27)38/h4-22,38H,1-3H3. The number of pyridine rings is 1. The average Bonchev–Trinajstić information content (AvgIpc) is 3.30. The number of aromatic nitrogens is 3. The maximum Gasteiger partial charge on any atom is 0.144 e. The summed E-state index contributed by atoms with van der Waals surface area (Å²) in [6.45, 7) is 4.52. The summed E-state index contributed by atoms with van der Waals surface area (Å²) in [5.41, 5.74) is 8.95. The molecule has 0 saturated heterocycles. The lowest BCUT2D eigenvalue weighted by Gasteiger charge is -2.27. The Morgan fingerprint density at radius 3 is 2.18 bits per heavy atom. The van der Waals surface area contributed by atoms with E-state index in [4.69, 9.17) is 4.98 Å². The molecule has 0 unspecified atom stereocenters. The number of aryl methyl sites for hydroxylation is 1. The van der Waals surface area contributed by atoms with E-state index < -0.39 is 0 Å². The zero-order chi connectivity index (χ0) is 26.3. The molecule has 0 atom stereocenters. The SMILES string of the molecule is Cn1c(-c2ccccc2O)nc2c(-c3cccc(-c4ccccn4)c3)cc(C(C)(C)c3ccccc3)cc21. The molecule has 0 amide bonds. The van der Waals surface area contributed by atoms with Crippen LogP contribution in [0, 0.1) is 0 Å². The summed E-state index contributed by atoms with van der Waals surface area (Å²) in [4.78, 5) is 9.67. The fourth-order valence-electron chi connectivity index (χ4n) is 5.17. The summed E-state index contributed by atoms with van der Waals surface area (Å²) < 4.78 is 2.08. The highest BCUT2D eigenvalue weighted by atomic mass is 16.3. The van der Waals surface area contributed by atoms with Gasteiger partial charge in [-0.15, -0.1) is 0 Å². The maximum absolute atomic E-state index is 10.6. The molecular formula is C34H29N3O. The van der Waals surface area contributed by atoms with E-state index in [0.29, 0.717) is 5.56 Å². The molecule has 186 valence electrons. The van der Waals surface area contributed by atoms with E-state index in [1.807, 2.05) is 49.6 Å². The first kappa shape index (κ1) is 23.7. The topological polar surface area (TPSA) is 50.9 Å². The smallest absolute Gasteiger partial charge is 0.144 e. The molecule has 0 fully saturated rings. The quantitative estimate of drug-likeness (QED) is 0.264. The molecule has 0 aliphatic rings. The highest BCUT2D eigenvalue weighted by Gasteiger charge is 2.26. The number of aromatic hydroxyl groups is 1. The van der Waals surface area contributed by atoms with Gasteiger partial charge in [0.05, 0.1) is 22.3 Å². The molecule has 2 aromatic heterocycles. The number of hydrogen-bond donors (Lipinski definition) is 1. The van der Waals surface area contributed by atoms with E-state index in [0.717, 1.165) is 39.2 Å². The van der Waals surface area contributed by atoms with Crippen LogP contribution < -0.4 is 0 Å². The monoisotopic (exact) mass is 495 g/mol. The number of phenolic OH excluding ortho intramolecular Hbond substituents is 1.